The molecule has 3 rings (SSSR count). The predicted octanol–water partition coefficient (Wildman–Crippen LogP) is 3.60. The SMILES string of the molecule is CCCc1c(C(=O)Nc2ccc(C(N)=O)c(F)c2)cnn1-c1cc(F)c(OC)cc1F. The Balaban J connectivity index is 1.97. The molecule has 0 radical (unpaired) electrons. The first-order valence-electron chi connectivity index (χ1n) is 9.27. The summed E-state index contributed by atoms with van der Waals surface area (Å²) in [6.07, 6.45) is 2.15. The average Bonchev–Trinajstić information content (AvgIpc) is 3.13. The lowest BCUT2D eigenvalue weighted by atomic mass is 10.1. The van der Waals surface area contributed by atoms with Crippen molar-refractivity contribution in [3.05, 3.63) is 70.8 Å². The second kappa shape index (κ2) is 8.90. The van der Waals surface area contributed by atoms with Crippen molar-refractivity contribution in [3.63, 3.8) is 0 Å². The predicted molar refractivity (Wildman–Crippen MR) is 107 cm³/mol. The normalized spacial score (nSPS) is 10.7. The number of amides is 2. The number of hydrogen-bond donors (Lipinski definition) is 2. The molecule has 31 heavy (non-hydrogen) atoms. The van der Waals surface area contributed by atoms with Crippen LogP contribution in [-0.2, 0) is 6.42 Å². The molecule has 1 heterocycles. The van der Waals surface area contributed by atoms with Crippen LogP contribution in [0.25, 0.3) is 5.69 Å². The lowest BCUT2D eigenvalue weighted by molar-refractivity contribution is 0.0994. The number of nitrogens with two attached hydrogens (primary N) is 1. The molecular weight excluding hydrogens is 413 g/mol. The summed E-state index contributed by atoms with van der Waals surface area (Å²) in [4.78, 5) is 23.9. The number of aromatic nitrogens is 2. The van der Waals surface area contributed by atoms with Crippen LogP contribution in [0.2, 0.25) is 0 Å². The lowest BCUT2D eigenvalue weighted by Crippen LogP contribution is -2.16. The molecule has 0 spiro atoms. The minimum Gasteiger partial charge on any atom is -0.494 e. The number of benzene rings is 2. The molecule has 0 fully saturated rings. The van der Waals surface area contributed by atoms with Crippen molar-refractivity contribution in [1.29, 1.82) is 0 Å². The number of anilines is 1. The maximum atomic E-state index is 14.5. The van der Waals surface area contributed by atoms with Gasteiger partial charge in [-0.05, 0) is 24.6 Å². The monoisotopic (exact) mass is 432 g/mol. The van der Waals surface area contributed by atoms with Crippen LogP contribution in [0.3, 0.4) is 0 Å². The molecule has 162 valence electrons. The minimum atomic E-state index is -0.935. The van der Waals surface area contributed by atoms with Crippen molar-refractivity contribution in [3.8, 4) is 11.4 Å². The Morgan fingerprint density at radius 2 is 1.84 bits per heavy atom. The Hall–Kier alpha value is -3.82. The number of nitrogens with zero attached hydrogens (tertiary/aromatic N) is 2. The summed E-state index contributed by atoms with van der Waals surface area (Å²) >= 11 is 0. The number of nitrogens with one attached hydrogen (secondary N) is 1. The summed E-state index contributed by atoms with van der Waals surface area (Å²) in [6, 6.07) is 5.26. The maximum Gasteiger partial charge on any atom is 0.259 e. The van der Waals surface area contributed by atoms with E-state index in [-0.39, 0.29) is 28.3 Å². The number of primary amides is 1. The third-order valence-electron chi connectivity index (χ3n) is 4.54. The highest BCUT2D eigenvalue weighted by atomic mass is 19.1. The Morgan fingerprint density at radius 3 is 2.45 bits per heavy atom. The molecule has 10 heteroatoms. The van der Waals surface area contributed by atoms with Crippen molar-refractivity contribution in [2.45, 2.75) is 19.8 Å². The van der Waals surface area contributed by atoms with Gasteiger partial charge in [-0.2, -0.15) is 5.10 Å². The van der Waals surface area contributed by atoms with E-state index in [9.17, 15) is 22.8 Å². The van der Waals surface area contributed by atoms with Gasteiger partial charge < -0.3 is 15.8 Å². The molecule has 0 unspecified atom stereocenters. The largest absolute Gasteiger partial charge is 0.494 e. The third-order valence-corrected chi connectivity index (χ3v) is 4.54. The molecule has 3 N–H and O–H groups in total. The molecule has 2 amide bonds. The van der Waals surface area contributed by atoms with Crippen molar-refractivity contribution in [2.24, 2.45) is 5.73 Å². The van der Waals surface area contributed by atoms with Crippen molar-refractivity contribution in [1.82, 2.24) is 9.78 Å². The lowest BCUT2D eigenvalue weighted by Gasteiger charge is -2.12. The smallest absolute Gasteiger partial charge is 0.259 e. The van der Waals surface area contributed by atoms with Gasteiger partial charge in [0.05, 0.1) is 30.1 Å². The Kier molecular flexibility index (Phi) is 6.28. The molecule has 2 aromatic carbocycles. The molecule has 0 aliphatic rings. The van der Waals surface area contributed by atoms with Gasteiger partial charge in [-0.1, -0.05) is 13.3 Å². The molecule has 7 nitrogen and oxygen atoms in total. The van der Waals surface area contributed by atoms with E-state index in [1.807, 2.05) is 6.92 Å². The van der Waals surface area contributed by atoms with Crippen LogP contribution in [-0.4, -0.2) is 28.7 Å². The van der Waals surface area contributed by atoms with E-state index in [1.54, 1.807) is 0 Å². The van der Waals surface area contributed by atoms with Crippen LogP contribution in [0.15, 0.2) is 36.5 Å². The van der Waals surface area contributed by atoms with E-state index >= 15 is 0 Å². The van der Waals surface area contributed by atoms with Gasteiger partial charge in [0, 0.05) is 17.8 Å². The Morgan fingerprint density at radius 1 is 1.10 bits per heavy atom. The van der Waals surface area contributed by atoms with E-state index in [0.717, 1.165) is 28.9 Å². The summed E-state index contributed by atoms with van der Waals surface area (Å²) in [5.41, 5.74) is 5.11. The molecule has 0 aliphatic heterocycles. The topological polar surface area (TPSA) is 99.2 Å². The van der Waals surface area contributed by atoms with Gasteiger partial charge in [0.25, 0.3) is 11.8 Å². The molecule has 0 saturated heterocycles. The Bertz CT molecular complexity index is 1160. The van der Waals surface area contributed by atoms with Gasteiger partial charge in [0.1, 0.15) is 11.5 Å². The zero-order chi connectivity index (χ0) is 22.7. The van der Waals surface area contributed by atoms with Crippen LogP contribution in [0.5, 0.6) is 5.75 Å². The first kappa shape index (κ1) is 21.9. The van der Waals surface area contributed by atoms with Gasteiger partial charge in [-0.3, -0.25) is 9.59 Å². The fourth-order valence-corrected chi connectivity index (χ4v) is 3.08. The quantitative estimate of drug-likeness (QED) is 0.596. The van der Waals surface area contributed by atoms with Gasteiger partial charge in [-0.15, -0.1) is 0 Å². The van der Waals surface area contributed by atoms with E-state index < -0.39 is 29.3 Å². The summed E-state index contributed by atoms with van der Waals surface area (Å²) in [6.45, 7) is 1.85. The second-order valence-corrected chi connectivity index (χ2v) is 6.62. The summed E-state index contributed by atoms with van der Waals surface area (Å²) in [7, 11) is 1.22. The van der Waals surface area contributed by atoms with E-state index in [4.69, 9.17) is 10.5 Å². The zero-order valence-corrected chi connectivity index (χ0v) is 16.7. The fourth-order valence-electron chi connectivity index (χ4n) is 3.08. The molecule has 0 bridgehead atoms. The Labute approximate surface area is 175 Å². The first-order chi connectivity index (χ1) is 14.8. The van der Waals surface area contributed by atoms with Crippen molar-refractivity contribution < 1.29 is 27.5 Å². The summed E-state index contributed by atoms with van der Waals surface area (Å²) in [5, 5.41) is 6.55. The standard InChI is InChI=1S/C21H19F3N4O3/c1-3-4-17-13(21(30)27-11-5-6-12(20(25)29)14(22)7-11)10-26-28(17)18-8-16(24)19(31-2)9-15(18)23/h5-10H,3-4H2,1-2H3,(H2,25,29)(H,27,30). The van der Waals surface area contributed by atoms with Crippen LogP contribution >= 0.6 is 0 Å². The molecule has 1 aromatic heterocycles. The molecule has 3 aromatic rings. The molecule has 0 saturated carbocycles. The zero-order valence-electron chi connectivity index (χ0n) is 16.7. The highest BCUT2D eigenvalue weighted by Crippen LogP contribution is 2.26. The van der Waals surface area contributed by atoms with Gasteiger partial charge in [0.2, 0.25) is 0 Å². The number of carbonyl (C=O) groups is 2. The van der Waals surface area contributed by atoms with Crippen LogP contribution in [0, 0.1) is 17.5 Å². The number of methoxy groups -OCH3 is 1. The van der Waals surface area contributed by atoms with Crippen LogP contribution in [0.1, 0.15) is 39.8 Å². The fraction of sp³-hybridized carbons (Fsp3) is 0.190. The van der Waals surface area contributed by atoms with E-state index in [2.05, 4.69) is 10.4 Å². The van der Waals surface area contributed by atoms with Crippen molar-refractivity contribution >= 4 is 17.5 Å². The molecular formula is C21H19F3N4O3. The molecule has 0 atom stereocenters. The van der Waals surface area contributed by atoms with Gasteiger partial charge in [-0.25, -0.2) is 17.9 Å². The summed E-state index contributed by atoms with van der Waals surface area (Å²) in [5.74, 6) is -4.27. The van der Waals surface area contributed by atoms with Crippen molar-refractivity contribution in [2.75, 3.05) is 12.4 Å². The highest BCUT2D eigenvalue weighted by molar-refractivity contribution is 6.05. The minimum absolute atomic E-state index is 0.0874. The summed E-state index contributed by atoms with van der Waals surface area (Å²) < 4.78 is 48.6. The van der Waals surface area contributed by atoms with Gasteiger partial charge >= 0.3 is 0 Å². The highest BCUT2D eigenvalue weighted by Gasteiger charge is 2.22. The second-order valence-electron chi connectivity index (χ2n) is 6.62. The number of halogens is 3. The third kappa shape index (κ3) is 4.37. The number of ether oxygens (including phenoxy) is 1. The van der Waals surface area contributed by atoms with E-state index in [0.29, 0.717) is 18.5 Å². The van der Waals surface area contributed by atoms with Gasteiger partial charge in [0.15, 0.2) is 17.4 Å². The van der Waals surface area contributed by atoms with Crippen LogP contribution < -0.4 is 15.8 Å². The number of rotatable bonds is 7. The van der Waals surface area contributed by atoms with Crippen LogP contribution in [0.4, 0.5) is 18.9 Å². The molecule has 0 aliphatic carbocycles. The van der Waals surface area contributed by atoms with E-state index in [1.165, 1.54) is 19.4 Å². The maximum absolute atomic E-state index is 14.5. The number of hydrogen-bond acceptors (Lipinski definition) is 4. The average molecular weight is 432 g/mol. The first-order valence-corrected chi connectivity index (χ1v) is 9.27. The number of carbonyl (C=O) groups excluding carboxylic acids is 2.